The number of ether oxygens (including phenoxy) is 1. The van der Waals surface area contributed by atoms with Gasteiger partial charge in [-0.1, -0.05) is 0 Å². The first kappa shape index (κ1) is 12.9. The van der Waals surface area contributed by atoms with Crippen LogP contribution >= 0.6 is 0 Å². The van der Waals surface area contributed by atoms with Crippen LogP contribution < -0.4 is 5.43 Å². The molecular formula is C9H14N2O4S. The number of sulfonamides is 1. The normalized spacial score (nSPS) is 11.9. The lowest BCUT2D eigenvalue weighted by atomic mass is 10.5. The molecule has 0 unspecified atom stereocenters. The van der Waals surface area contributed by atoms with E-state index in [4.69, 9.17) is 4.74 Å². The monoisotopic (exact) mass is 246 g/mol. The van der Waals surface area contributed by atoms with Crippen molar-refractivity contribution in [3.8, 4) is 0 Å². The van der Waals surface area contributed by atoms with Crippen LogP contribution in [-0.2, 0) is 14.8 Å². The Labute approximate surface area is 93.9 Å². The largest absolute Gasteiger partial charge is 0.383 e. The summed E-state index contributed by atoms with van der Waals surface area (Å²) in [5.74, 6) is 0. The number of hydrogen-bond donors (Lipinski definition) is 1. The van der Waals surface area contributed by atoms with Crippen LogP contribution in [0.4, 0.5) is 0 Å². The quantitative estimate of drug-likeness (QED) is 0.769. The molecule has 1 N–H and O–H groups in total. The van der Waals surface area contributed by atoms with Crippen molar-refractivity contribution < 1.29 is 13.2 Å². The summed E-state index contributed by atoms with van der Waals surface area (Å²) in [6.07, 6.45) is 2.57. The second kappa shape index (κ2) is 5.24. The van der Waals surface area contributed by atoms with Gasteiger partial charge in [0.05, 0.1) is 6.61 Å². The highest BCUT2D eigenvalue weighted by Crippen LogP contribution is 2.07. The van der Waals surface area contributed by atoms with Gasteiger partial charge in [-0.2, -0.15) is 4.31 Å². The van der Waals surface area contributed by atoms with Gasteiger partial charge in [0.2, 0.25) is 15.5 Å². The third kappa shape index (κ3) is 2.69. The summed E-state index contributed by atoms with van der Waals surface area (Å²) in [4.78, 5) is 13.7. The molecule has 16 heavy (non-hydrogen) atoms. The number of rotatable bonds is 5. The molecule has 7 heteroatoms. The Morgan fingerprint density at radius 1 is 1.50 bits per heavy atom. The minimum atomic E-state index is -3.73. The third-order valence-electron chi connectivity index (χ3n) is 2.09. The fourth-order valence-corrected chi connectivity index (χ4v) is 2.30. The van der Waals surface area contributed by atoms with Gasteiger partial charge < -0.3 is 9.72 Å². The number of nitrogens with zero attached hydrogens (tertiary/aromatic N) is 1. The van der Waals surface area contributed by atoms with Crippen LogP contribution in [0.25, 0.3) is 0 Å². The van der Waals surface area contributed by atoms with Crippen LogP contribution in [0.3, 0.4) is 0 Å². The maximum Gasteiger partial charge on any atom is 0.248 e. The number of H-pyrrole nitrogens is 1. The van der Waals surface area contributed by atoms with Crippen molar-refractivity contribution in [2.75, 3.05) is 27.3 Å². The molecule has 0 spiro atoms. The van der Waals surface area contributed by atoms with Gasteiger partial charge in [0.15, 0.2) is 0 Å². The van der Waals surface area contributed by atoms with Crippen molar-refractivity contribution in [1.29, 1.82) is 0 Å². The third-order valence-corrected chi connectivity index (χ3v) is 3.96. The number of pyridine rings is 1. The van der Waals surface area contributed by atoms with Gasteiger partial charge in [0, 0.05) is 39.2 Å². The van der Waals surface area contributed by atoms with Crippen molar-refractivity contribution in [3.05, 3.63) is 28.7 Å². The van der Waals surface area contributed by atoms with Crippen molar-refractivity contribution in [2.24, 2.45) is 0 Å². The van der Waals surface area contributed by atoms with Crippen LogP contribution in [0.1, 0.15) is 0 Å². The first-order chi connectivity index (χ1) is 7.50. The number of aromatic nitrogens is 1. The Bertz CT molecular complexity index is 494. The van der Waals surface area contributed by atoms with Crippen LogP contribution in [-0.4, -0.2) is 45.0 Å². The molecule has 1 heterocycles. The molecule has 0 bridgehead atoms. The highest BCUT2D eigenvalue weighted by Gasteiger charge is 2.22. The molecular weight excluding hydrogens is 232 g/mol. The minimum absolute atomic E-state index is 0.202. The van der Waals surface area contributed by atoms with Crippen molar-refractivity contribution in [3.63, 3.8) is 0 Å². The van der Waals surface area contributed by atoms with E-state index in [0.717, 1.165) is 4.31 Å². The smallest absolute Gasteiger partial charge is 0.248 e. The fourth-order valence-electron chi connectivity index (χ4n) is 1.11. The standard InChI is InChI=1S/C9H14N2O4S/c1-11(5-6-15-2)16(13,14)9-7-10-4-3-8(9)12/h3-4,7H,5-6H2,1-2H3,(H,10,12). The first-order valence-electron chi connectivity index (χ1n) is 4.62. The summed E-state index contributed by atoms with van der Waals surface area (Å²) in [5.41, 5.74) is -0.525. The van der Waals surface area contributed by atoms with E-state index in [0.29, 0.717) is 0 Å². The zero-order valence-electron chi connectivity index (χ0n) is 9.13. The van der Waals surface area contributed by atoms with Gasteiger partial charge in [-0.05, 0) is 0 Å². The van der Waals surface area contributed by atoms with Crippen molar-refractivity contribution >= 4 is 10.0 Å². The molecule has 0 saturated heterocycles. The molecule has 0 amide bonds. The highest BCUT2D eigenvalue weighted by atomic mass is 32.2. The number of methoxy groups -OCH3 is 1. The maximum atomic E-state index is 11.9. The van der Waals surface area contributed by atoms with E-state index in [2.05, 4.69) is 4.98 Å². The molecule has 0 saturated carbocycles. The average Bonchev–Trinajstić information content (AvgIpc) is 2.26. The Hall–Kier alpha value is -1.18. The number of hydrogen-bond acceptors (Lipinski definition) is 4. The predicted octanol–water partition coefficient (Wildman–Crippen LogP) is -0.358. The predicted molar refractivity (Wildman–Crippen MR) is 58.8 cm³/mol. The van der Waals surface area contributed by atoms with E-state index >= 15 is 0 Å². The van der Waals surface area contributed by atoms with Gasteiger partial charge in [-0.3, -0.25) is 4.79 Å². The van der Waals surface area contributed by atoms with Crippen LogP contribution in [0, 0.1) is 0 Å². The molecule has 0 aliphatic rings. The number of nitrogens with one attached hydrogen (secondary N) is 1. The topological polar surface area (TPSA) is 79.5 Å². The fraction of sp³-hybridized carbons (Fsp3) is 0.444. The van der Waals surface area contributed by atoms with E-state index in [9.17, 15) is 13.2 Å². The number of likely N-dealkylation sites (N-methyl/N-ethyl adjacent to an activating group) is 1. The number of aromatic amines is 1. The highest BCUT2D eigenvalue weighted by molar-refractivity contribution is 7.89. The molecule has 0 fully saturated rings. The van der Waals surface area contributed by atoms with Gasteiger partial charge in [0.25, 0.3) is 0 Å². The summed E-state index contributed by atoms with van der Waals surface area (Å²) in [6.45, 7) is 0.480. The van der Waals surface area contributed by atoms with Crippen LogP contribution in [0.2, 0.25) is 0 Å². The van der Waals surface area contributed by atoms with Crippen LogP contribution in [0.15, 0.2) is 28.2 Å². The molecule has 1 aromatic rings. The van der Waals surface area contributed by atoms with E-state index in [1.807, 2.05) is 0 Å². The van der Waals surface area contributed by atoms with E-state index in [-0.39, 0.29) is 18.0 Å². The zero-order valence-corrected chi connectivity index (χ0v) is 9.95. The van der Waals surface area contributed by atoms with Gasteiger partial charge in [-0.25, -0.2) is 8.42 Å². The van der Waals surface area contributed by atoms with Crippen molar-refractivity contribution in [1.82, 2.24) is 9.29 Å². The summed E-state index contributed by atoms with van der Waals surface area (Å²) in [6, 6.07) is 1.18. The molecule has 6 nitrogen and oxygen atoms in total. The van der Waals surface area contributed by atoms with Gasteiger partial charge >= 0.3 is 0 Å². The second-order valence-corrected chi connectivity index (χ2v) is 5.21. The lowest BCUT2D eigenvalue weighted by molar-refractivity contribution is 0.185. The zero-order chi connectivity index (χ0) is 12.2. The second-order valence-electron chi connectivity index (χ2n) is 3.19. The Morgan fingerprint density at radius 3 is 2.75 bits per heavy atom. The molecule has 0 aliphatic carbocycles. The molecule has 0 aliphatic heterocycles. The van der Waals surface area contributed by atoms with E-state index < -0.39 is 15.5 Å². The summed E-state index contributed by atoms with van der Waals surface area (Å²) in [5, 5.41) is 0. The van der Waals surface area contributed by atoms with Gasteiger partial charge in [-0.15, -0.1) is 0 Å². The summed E-state index contributed by atoms with van der Waals surface area (Å²) >= 11 is 0. The van der Waals surface area contributed by atoms with Crippen molar-refractivity contribution in [2.45, 2.75) is 4.90 Å². The van der Waals surface area contributed by atoms with E-state index in [1.54, 1.807) is 0 Å². The Kier molecular flexibility index (Phi) is 4.22. The van der Waals surface area contributed by atoms with E-state index in [1.165, 1.54) is 32.6 Å². The molecule has 1 aromatic heterocycles. The molecule has 1 rings (SSSR count). The van der Waals surface area contributed by atoms with Gasteiger partial charge in [0.1, 0.15) is 4.90 Å². The lowest BCUT2D eigenvalue weighted by Crippen LogP contribution is -2.33. The first-order valence-corrected chi connectivity index (χ1v) is 6.06. The maximum absolute atomic E-state index is 11.9. The minimum Gasteiger partial charge on any atom is -0.383 e. The summed E-state index contributed by atoms with van der Waals surface area (Å²) in [7, 11) is -0.847. The molecule has 90 valence electrons. The summed E-state index contributed by atoms with van der Waals surface area (Å²) < 4.78 is 29.7. The Balaban J connectivity index is 3.03. The molecule has 0 atom stereocenters. The SMILES string of the molecule is COCCN(C)S(=O)(=O)c1c[nH]ccc1=O. The Morgan fingerprint density at radius 2 is 2.19 bits per heavy atom. The van der Waals surface area contributed by atoms with Crippen LogP contribution in [0.5, 0.6) is 0 Å². The molecule has 0 radical (unpaired) electrons. The lowest BCUT2D eigenvalue weighted by Gasteiger charge is -2.15. The average molecular weight is 246 g/mol. The molecule has 0 aromatic carbocycles.